The third kappa shape index (κ3) is 3.17. The number of hydrogen-bond donors (Lipinski definition) is 2. The molecule has 3 nitrogen and oxygen atoms in total. The first-order valence-corrected chi connectivity index (χ1v) is 5.97. The van der Waals surface area contributed by atoms with E-state index in [0.29, 0.717) is 6.04 Å². The molecule has 2 rings (SSSR count). The Morgan fingerprint density at radius 1 is 1.39 bits per heavy atom. The lowest BCUT2D eigenvalue weighted by Crippen LogP contribution is -2.44. The van der Waals surface area contributed by atoms with Crippen LogP contribution in [-0.4, -0.2) is 24.4 Å². The van der Waals surface area contributed by atoms with Crippen LogP contribution >= 0.6 is 0 Å². The summed E-state index contributed by atoms with van der Waals surface area (Å²) < 4.78 is 28.3. The van der Waals surface area contributed by atoms with Crippen LogP contribution in [0.15, 0.2) is 24.3 Å². The third-order valence-electron chi connectivity index (χ3n) is 3.13. The molecule has 1 saturated carbocycles. The largest absolute Gasteiger partial charge is 0.435 e. The summed E-state index contributed by atoms with van der Waals surface area (Å²) in [6.07, 6.45) is 2.23. The number of rotatable bonds is 6. The van der Waals surface area contributed by atoms with Crippen LogP contribution in [0.4, 0.5) is 8.78 Å². The van der Waals surface area contributed by atoms with Gasteiger partial charge < -0.3 is 15.2 Å². The molecule has 0 amide bonds. The number of aliphatic hydroxyl groups excluding tert-OH is 1. The van der Waals surface area contributed by atoms with Crippen molar-refractivity contribution >= 4 is 0 Å². The van der Waals surface area contributed by atoms with Crippen molar-refractivity contribution in [1.82, 2.24) is 5.32 Å². The second-order valence-corrected chi connectivity index (χ2v) is 4.81. The fourth-order valence-electron chi connectivity index (χ4n) is 1.90. The average Bonchev–Trinajstić information content (AvgIpc) is 3.13. The Kier molecular flexibility index (Phi) is 3.82. The van der Waals surface area contributed by atoms with Gasteiger partial charge in [0.25, 0.3) is 0 Å². The van der Waals surface area contributed by atoms with Gasteiger partial charge in [-0.15, -0.1) is 0 Å². The van der Waals surface area contributed by atoms with Crippen molar-refractivity contribution in [3.8, 4) is 5.75 Å². The minimum atomic E-state index is -2.82. The monoisotopic (exact) mass is 257 g/mol. The van der Waals surface area contributed by atoms with Gasteiger partial charge in [-0.2, -0.15) is 8.78 Å². The second kappa shape index (κ2) is 5.20. The molecule has 1 aliphatic carbocycles. The molecule has 1 unspecified atom stereocenters. The van der Waals surface area contributed by atoms with E-state index in [1.807, 2.05) is 6.92 Å². The maximum atomic E-state index is 12.0. The molecule has 0 heterocycles. The Hall–Kier alpha value is -1.20. The number of hydrogen-bond acceptors (Lipinski definition) is 3. The highest BCUT2D eigenvalue weighted by Crippen LogP contribution is 2.29. The minimum Gasteiger partial charge on any atom is -0.435 e. The van der Waals surface area contributed by atoms with Crippen LogP contribution < -0.4 is 10.1 Å². The molecule has 100 valence electrons. The molecule has 0 aromatic heterocycles. The van der Waals surface area contributed by atoms with Crippen LogP contribution in [0.5, 0.6) is 5.75 Å². The summed E-state index contributed by atoms with van der Waals surface area (Å²) in [7, 11) is 0. The van der Waals surface area contributed by atoms with E-state index in [1.165, 1.54) is 12.1 Å². The molecule has 1 atom stereocenters. The Labute approximate surface area is 105 Å². The van der Waals surface area contributed by atoms with E-state index < -0.39 is 12.2 Å². The van der Waals surface area contributed by atoms with Crippen molar-refractivity contribution in [2.45, 2.75) is 38.0 Å². The molecule has 0 bridgehead atoms. The number of aliphatic hydroxyl groups is 1. The number of nitrogens with one attached hydrogen (secondary N) is 1. The van der Waals surface area contributed by atoms with Gasteiger partial charge in [0.2, 0.25) is 0 Å². The Bertz CT molecular complexity index is 392. The van der Waals surface area contributed by atoms with E-state index in [1.54, 1.807) is 12.1 Å². The lowest BCUT2D eigenvalue weighted by Gasteiger charge is -2.29. The van der Waals surface area contributed by atoms with Crippen LogP contribution in [0.1, 0.15) is 25.3 Å². The molecule has 1 aromatic rings. The van der Waals surface area contributed by atoms with E-state index in [-0.39, 0.29) is 12.4 Å². The topological polar surface area (TPSA) is 41.5 Å². The molecule has 18 heavy (non-hydrogen) atoms. The average molecular weight is 257 g/mol. The molecule has 0 spiro atoms. The zero-order chi connectivity index (χ0) is 13.2. The summed E-state index contributed by atoms with van der Waals surface area (Å²) >= 11 is 0. The molecular formula is C13H17F2NO2. The Morgan fingerprint density at radius 2 is 2.00 bits per heavy atom. The molecule has 5 heteroatoms. The Balaban J connectivity index is 2.10. The molecule has 0 aliphatic heterocycles. The zero-order valence-electron chi connectivity index (χ0n) is 10.2. The standard InChI is InChI=1S/C13H17F2NO2/c1-13(8-17,16-10-4-5-10)9-2-6-11(7-3-9)18-12(14)15/h2-3,6-7,10,12,16-17H,4-5,8H2,1H3. The highest BCUT2D eigenvalue weighted by Gasteiger charge is 2.33. The van der Waals surface area contributed by atoms with Crippen LogP contribution in [0, 0.1) is 0 Å². The van der Waals surface area contributed by atoms with Crippen LogP contribution in [0.2, 0.25) is 0 Å². The highest BCUT2D eigenvalue weighted by atomic mass is 19.3. The number of benzene rings is 1. The van der Waals surface area contributed by atoms with Crippen molar-refractivity contribution in [2.24, 2.45) is 0 Å². The summed E-state index contributed by atoms with van der Waals surface area (Å²) in [5.41, 5.74) is 0.323. The number of ether oxygens (including phenoxy) is 1. The van der Waals surface area contributed by atoms with E-state index in [0.717, 1.165) is 18.4 Å². The fraction of sp³-hybridized carbons (Fsp3) is 0.538. The molecule has 0 radical (unpaired) electrons. The molecular weight excluding hydrogens is 240 g/mol. The van der Waals surface area contributed by atoms with E-state index in [9.17, 15) is 13.9 Å². The molecule has 0 saturated heterocycles. The van der Waals surface area contributed by atoms with Gasteiger partial charge in [0, 0.05) is 6.04 Å². The molecule has 1 aromatic carbocycles. The van der Waals surface area contributed by atoms with Crippen molar-refractivity contribution in [3.05, 3.63) is 29.8 Å². The van der Waals surface area contributed by atoms with E-state index in [4.69, 9.17) is 0 Å². The van der Waals surface area contributed by atoms with Crippen LogP contribution in [0.3, 0.4) is 0 Å². The van der Waals surface area contributed by atoms with Gasteiger partial charge in [0.1, 0.15) is 5.75 Å². The van der Waals surface area contributed by atoms with Gasteiger partial charge in [-0.25, -0.2) is 0 Å². The molecule has 2 N–H and O–H groups in total. The van der Waals surface area contributed by atoms with E-state index >= 15 is 0 Å². The second-order valence-electron chi connectivity index (χ2n) is 4.81. The quantitative estimate of drug-likeness (QED) is 0.821. The first-order chi connectivity index (χ1) is 8.53. The fourth-order valence-corrected chi connectivity index (χ4v) is 1.90. The van der Waals surface area contributed by atoms with Gasteiger partial charge in [-0.3, -0.25) is 0 Å². The summed E-state index contributed by atoms with van der Waals surface area (Å²) in [5.74, 6) is 0.125. The smallest absolute Gasteiger partial charge is 0.387 e. The maximum Gasteiger partial charge on any atom is 0.387 e. The predicted octanol–water partition coefficient (Wildman–Crippen LogP) is 2.25. The van der Waals surface area contributed by atoms with Gasteiger partial charge in [-0.1, -0.05) is 12.1 Å². The van der Waals surface area contributed by atoms with Crippen molar-refractivity contribution < 1.29 is 18.6 Å². The maximum absolute atomic E-state index is 12.0. The Morgan fingerprint density at radius 3 is 2.44 bits per heavy atom. The summed E-state index contributed by atoms with van der Waals surface area (Å²) in [6.45, 7) is -0.961. The van der Waals surface area contributed by atoms with Crippen LogP contribution in [0.25, 0.3) is 0 Å². The minimum absolute atomic E-state index is 0.0431. The summed E-state index contributed by atoms with van der Waals surface area (Å²) in [4.78, 5) is 0. The SMILES string of the molecule is CC(CO)(NC1CC1)c1ccc(OC(F)F)cc1. The lowest BCUT2D eigenvalue weighted by atomic mass is 9.92. The highest BCUT2D eigenvalue weighted by molar-refractivity contribution is 5.32. The normalized spacial score (nSPS) is 18.7. The summed E-state index contributed by atoms with van der Waals surface area (Å²) in [6, 6.07) is 6.82. The third-order valence-corrected chi connectivity index (χ3v) is 3.13. The summed E-state index contributed by atoms with van der Waals surface area (Å²) in [5, 5.41) is 12.9. The molecule has 1 fully saturated rings. The first-order valence-electron chi connectivity index (χ1n) is 5.97. The van der Waals surface area contributed by atoms with Crippen molar-refractivity contribution in [2.75, 3.05) is 6.61 Å². The van der Waals surface area contributed by atoms with Gasteiger partial charge in [-0.05, 0) is 37.5 Å². The first kappa shape index (κ1) is 13.2. The van der Waals surface area contributed by atoms with Crippen molar-refractivity contribution in [1.29, 1.82) is 0 Å². The van der Waals surface area contributed by atoms with Crippen molar-refractivity contribution in [3.63, 3.8) is 0 Å². The zero-order valence-corrected chi connectivity index (χ0v) is 10.2. The van der Waals surface area contributed by atoms with Gasteiger partial charge in [0.15, 0.2) is 0 Å². The molecule has 1 aliphatic rings. The number of alkyl halides is 2. The predicted molar refractivity (Wildman–Crippen MR) is 63.7 cm³/mol. The van der Waals surface area contributed by atoms with E-state index in [2.05, 4.69) is 10.1 Å². The number of halogens is 2. The lowest BCUT2D eigenvalue weighted by molar-refractivity contribution is -0.0498. The van der Waals surface area contributed by atoms with Crippen LogP contribution in [-0.2, 0) is 5.54 Å². The van der Waals surface area contributed by atoms with Gasteiger partial charge >= 0.3 is 6.61 Å². The van der Waals surface area contributed by atoms with Gasteiger partial charge in [0.05, 0.1) is 12.1 Å².